The van der Waals surface area contributed by atoms with E-state index in [0.717, 1.165) is 32.1 Å². The summed E-state index contributed by atoms with van der Waals surface area (Å²) in [5.41, 5.74) is 0.430. The first kappa shape index (κ1) is 13.3. The van der Waals surface area contributed by atoms with Crippen LogP contribution < -0.4 is 5.32 Å². The highest BCUT2D eigenvalue weighted by Crippen LogP contribution is 2.29. The standard InChI is InChI=1S/C14H21N5O/c1-15-13-5-4-12(16-17-13)14(20)19-8-6-18(7-9-19)10-11-2-3-11/h4-5,11H,2-3,6-10H2,1H3,(H,15,17). The Morgan fingerprint density at radius 1 is 1.25 bits per heavy atom. The second-order valence-electron chi connectivity index (χ2n) is 5.59. The van der Waals surface area contributed by atoms with Crippen molar-refractivity contribution in [1.29, 1.82) is 0 Å². The van der Waals surface area contributed by atoms with E-state index in [4.69, 9.17) is 0 Å². The molecule has 2 aliphatic rings. The van der Waals surface area contributed by atoms with Gasteiger partial charge < -0.3 is 10.2 Å². The normalized spacial score (nSPS) is 19.9. The first-order valence-corrected chi connectivity index (χ1v) is 7.29. The first-order chi connectivity index (χ1) is 9.76. The van der Waals surface area contributed by atoms with Crippen molar-refractivity contribution in [2.24, 2.45) is 5.92 Å². The minimum Gasteiger partial charge on any atom is -0.372 e. The molecule has 1 aliphatic heterocycles. The molecule has 6 nitrogen and oxygen atoms in total. The SMILES string of the molecule is CNc1ccc(C(=O)N2CCN(CC3CC3)CC2)nn1. The van der Waals surface area contributed by atoms with Gasteiger partial charge in [-0.15, -0.1) is 10.2 Å². The molecule has 1 aromatic heterocycles. The van der Waals surface area contributed by atoms with Crippen molar-refractivity contribution in [3.63, 3.8) is 0 Å². The maximum absolute atomic E-state index is 12.3. The van der Waals surface area contributed by atoms with Crippen LogP contribution in [0.1, 0.15) is 23.3 Å². The van der Waals surface area contributed by atoms with E-state index in [1.807, 2.05) is 4.90 Å². The molecule has 1 aliphatic carbocycles. The topological polar surface area (TPSA) is 61.4 Å². The van der Waals surface area contributed by atoms with Gasteiger partial charge in [-0.2, -0.15) is 0 Å². The Bertz CT molecular complexity index is 463. The van der Waals surface area contributed by atoms with E-state index >= 15 is 0 Å². The van der Waals surface area contributed by atoms with Gasteiger partial charge >= 0.3 is 0 Å². The second-order valence-corrected chi connectivity index (χ2v) is 5.59. The summed E-state index contributed by atoms with van der Waals surface area (Å²) in [6.07, 6.45) is 2.76. The summed E-state index contributed by atoms with van der Waals surface area (Å²) in [6.45, 7) is 4.75. The van der Waals surface area contributed by atoms with E-state index in [1.165, 1.54) is 19.4 Å². The van der Waals surface area contributed by atoms with Crippen LogP contribution >= 0.6 is 0 Å². The molecular weight excluding hydrogens is 254 g/mol. The van der Waals surface area contributed by atoms with E-state index in [0.29, 0.717) is 11.5 Å². The lowest BCUT2D eigenvalue weighted by Crippen LogP contribution is -2.49. The molecule has 2 heterocycles. The lowest BCUT2D eigenvalue weighted by molar-refractivity contribution is 0.0625. The van der Waals surface area contributed by atoms with Crippen LogP contribution in [-0.2, 0) is 0 Å². The van der Waals surface area contributed by atoms with Gasteiger partial charge in [0.25, 0.3) is 5.91 Å². The predicted molar refractivity (Wildman–Crippen MR) is 76.6 cm³/mol. The van der Waals surface area contributed by atoms with E-state index in [-0.39, 0.29) is 5.91 Å². The van der Waals surface area contributed by atoms with Gasteiger partial charge in [-0.1, -0.05) is 0 Å². The highest BCUT2D eigenvalue weighted by Gasteiger charge is 2.28. The highest BCUT2D eigenvalue weighted by atomic mass is 16.2. The number of rotatable bonds is 4. The third-order valence-electron chi connectivity index (χ3n) is 4.01. The summed E-state index contributed by atoms with van der Waals surface area (Å²) >= 11 is 0. The van der Waals surface area contributed by atoms with E-state index < -0.39 is 0 Å². The van der Waals surface area contributed by atoms with Gasteiger partial charge in [-0.05, 0) is 30.9 Å². The molecule has 3 rings (SSSR count). The molecule has 0 radical (unpaired) electrons. The highest BCUT2D eigenvalue weighted by molar-refractivity contribution is 5.92. The van der Waals surface area contributed by atoms with E-state index in [2.05, 4.69) is 20.4 Å². The Hall–Kier alpha value is -1.69. The van der Waals surface area contributed by atoms with Gasteiger partial charge in [0.2, 0.25) is 0 Å². The fraction of sp³-hybridized carbons (Fsp3) is 0.643. The first-order valence-electron chi connectivity index (χ1n) is 7.29. The largest absolute Gasteiger partial charge is 0.372 e. The van der Waals surface area contributed by atoms with Crippen molar-refractivity contribution in [3.8, 4) is 0 Å². The summed E-state index contributed by atoms with van der Waals surface area (Å²) in [5.74, 6) is 1.58. The molecule has 1 aromatic rings. The van der Waals surface area contributed by atoms with Gasteiger partial charge in [-0.25, -0.2) is 0 Å². The number of nitrogens with zero attached hydrogens (tertiary/aromatic N) is 4. The number of hydrogen-bond acceptors (Lipinski definition) is 5. The van der Waals surface area contributed by atoms with Crippen LogP contribution in [0.15, 0.2) is 12.1 Å². The molecule has 1 saturated heterocycles. The molecule has 1 saturated carbocycles. The monoisotopic (exact) mass is 275 g/mol. The molecule has 1 amide bonds. The average Bonchev–Trinajstić information content (AvgIpc) is 3.31. The zero-order chi connectivity index (χ0) is 13.9. The quantitative estimate of drug-likeness (QED) is 0.876. The number of piperazine rings is 1. The lowest BCUT2D eigenvalue weighted by atomic mass is 10.2. The Kier molecular flexibility index (Phi) is 3.82. The zero-order valence-electron chi connectivity index (χ0n) is 11.9. The number of amides is 1. The Morgan fingerprint density at radius 3 is 2.55 bits per heavy atom. The van der Waals surface area contributed by atoms with Crippen LogP contribution in [0.2, 0.25) is 0 Å². The maximum Gasteiger partial charge on any atom is 0.274 e. The summed E-state index contributed by atoms with van der Waals surface area (Å²) in [5, 5.41) is 10.8. The molecule has 0 unspecified atom stereocenters. The molecule has 2 fully saturated rings. The molecule has 0 atom stereocenters. The number of aromatic nitrogens is 2. The van der Waals surface area contributed by atoms with Crippen LogP contribution in [0.4, 0.5) is 5.82 Å². The summed E-state index contributed by atoms with van der Waals surface area (Å²) in [7, 11) is 1.78. The van der Waals surface area contributed by atoms with Gasteiger partial charge in [0, 0.05) is 39.8 Å². The number of carbonyl (C=O) groups is 1. The van der Waals surface area contributed by atoms with Gasteiger partial charge in [-0.3, -0.25) is 9.69 Å². The molecule has 1 N–H and O–H groups in total. The van der Waals surface area contributed by atoms with Crippen molar-refractivity contribution < 1.29 is 4.79 Å². The van der Waals surface area contributed by atoms with Crippen LogP contribution in [0, 0.1) is 5.92 Å². The van der Waals surface area contributed by atoms with Crippen LogP contribution in [0.25, 0.3) is 0 Å². The minimum absolute atomic E-state index is 0.00812. The Morgan fingerprint density at radius 2 is 2.00 bits per heavy atom. The number of anilines is 1. The minimum atomic E-state index is -0.00812. The molecule has 20 heavy (non-hydrogen) atoms. The van der Waals surface area contributed by atoms with Crippen LogP contribution in [0.5, 0.6) is 0 Å². The summed E-state index contributed by atoms with van der Waals surface area (Å²) < 4.78 is 0. The molecule has 0 aromatic carbocycles. The third-order valence-corrected chi connectivity index (χ3v) is 4.01. The maximum atomic E-state index is 12.3. The zero-order valence-corrected chi connectivity index (χ0v) is 11.9. The molecule has 0 bridgehead atoms. The predicted octanol–water partition coefficient (Wildman–Crippen LogP) is 0.686. The van der Waals surface area contributed by atoms with Crippen LogP contribution in [-0.4, -0.2) is 65.7 Å². The van der Waals surface area contributed by atoms with Gasteiger partial charge in [0.15, 0.2) is 5.69 Å². The molecule has 6 heteroatoms. The summed E-state index contributed by atoms with van der Waals surface area (Å²) in [4.78, 5) is 16.7. The van der Waals surface area contributed by atoms with Crippen molar-refractivity contribution >= 4 is 11.7 Å². The van der Waals surface area contributed by atoms with E-state index in [1.54, 1.807) is 19.2 Å². The molecular formula is C14H21N5O. The van der Waals surface area contributed by atoms with E-state index in [9.17, 15) is 4.79 Å². The van der Waals surface area contributed by atoms with Crippen molar-refractivity contribution in [1.82, 2.24) is 20.0 Å². The fourth-order valence-electron chi connectivity index (χ4n) is 2.54. The number of hydrogen-bond donors (Lipinski definition) is 1. The van der Waals surface area contributed by atoms with Crippen molar-refractivity contribution in [3.05, 3.63) is 17.8 Å². The second kappa shape index (κ2) is 5.75. The number of carbonyl (C=O) groups excluding carboxylic acids is 1. The lowest BCUT2D eigenvalue weighted by Gasteiger charge is -2.34. The Labute approximate surface area is 119 Å². The molecule has 0 spiro atoms. The van der Waals surface area contributed by atoms with Gasteiger partial charge in [0.1, 0.15) is 5.82 Å². The third kappa shape index (κ3) is 3.07. The smallest absolute Gasteiger partial charge is 0.274 e. The molecule has 108 valence electrons. The summed E-state index contributed by atoms with van der Waals surface area (Å²) in [6, 6.07) is 3.52. The average molecular weight is 275 g/mol. The van der Waals surface area contributed by atoms with Gasteiger partial charge in [0.05, 0.1) is 0 Å². The Balaban J connectivity index is 1.54. The fourth-order valence-corrected chi connectivity index (χ4v) is 2.54. The van der Waals surface area contributed by atoms with Crippen LogP contribution in [0.3, 0.4) is 0 Å². The van der Waals surface area contributed by atoms with Crippen molar-refractivity contribution in [2.45, 2.75) is 12.8 Å². The number of nitrogens with one attached hydrogen (secondary N) is 1. The van der Waals surface area contributed by atoms with Crippen molar-refractivity contribution in [2.75, 3.05) is 45.1 Å².